The molecule has 0 heteroatoms. The quantitative estimate of drug-likeness (QED) is 0.181. The second-order valence-corrected chi connectivity index (χ2v) is 12.1. The molecule has 0 aliphatic rings. The van der Waals surface area contributed by atoms with Crippen molar-refractivity contribution in [1.29, 1.82) is 0 Å². The first kappa shape index (κ1) is 26.4. The summed E-state index contributed by atoms with van der Waals surface area (Å²) < 4.78 is 0. The highest BCUT2D eigenvalue weighted by Crippen LogP contribution is 2.45. The van der Waals surface area contributed by atoms with Gasteiger partial charge in [0, 0.05) is 0 Å². The molecule has 0 saturated heterocycles. The van der Waals surface area contributed by atoms with Gasteiger partial charge in [-0.25, -0.2) is 0 Å². The molecule has 0 atom stereocenters. The molecule has 9 aromatic rings. The van der Waals surface area contributed by atoms with Crippen LogP contribution < -0.4 is 0 Å². The smallest absolute Gasteiger partial charge is 0.00201 e. The van der Waals surface area contributed by atoms with Gasteiger partial charge in [0.25, 0.3) is 0 Å². The van der Waals surface area contributed by atoms with Gasteiger partial charge in [-0.2, -0.15) is 0 Å². The van der Waals surface area contributed by atoms with E-state index in [0.29, 0.717) is 0 Å². The van der Waals surface area contributed by atoms with Crippen molar-refractivity contribution < 1.29 is 0 Å². The molecule has 0 unspecified atom stereocenters. The van der Waals surface area contributed by atoms with Gasteiger partial charge in [0.15, 0.2) is 0 Å². The molecule has 214 valence electrons. The predicted molar refractivity (Wildman–Crippen MR) is 198 cm³/mol. The minimum absolute atomic E-state index is 1.22. The Labute approximate surface area is 268 Å². The normalized spacial score (nSPS) is 11.5. The summed E-state index contributed by atoms with van der Waals surface area (Å²) in [5, 5.41) is 10.2. The van der Waals surface area contributed by atoms with Gasteiger partial charge >= 0.3 is 0 Å². The lowest BCUT2D eigenvalue weighted by molar-refractivity contribution is 1.61. The zero-order valence-corrected chi connectivity index (χ0v) is 25.3. The molecule has 0 nitrogen and oxygen atoms in total. The third-order valence-corrected chi connectivity index (χ3v) is 9.42. The first-order chi connectivity index (χ1) is 22.8. The number of hydrogen-bond acceptors (Lipinski definition) is 0. The van der Waals surface area contributed by atoms with Crippen LogP contribution in [-0.2, 0) is 0 Å². The molecule has 9 rings (SSSR count). The maximum absolute atomic E-state index is 2.35. The van der Waals surface area contributed by atoms with Crippen molar-refractivity contribution in [2.75, 3.05) is 0 Å². The van der Waals surface area contributed by atoms with Crippen LogP contribution in [-0.4, -0.2) is 0 Å². The summed E-state index contributed by atoms with van der Waals surface area (Å²) >= 11 is 0. The van der Waals surface area contributed by atoms with E-state index in [1.54, 1.807) is 0 Å². The Bertz CT molecular complexity index is 2520. The van der Waals surface area contributed by atoms with E-state index in [2.05, 4.69) is 182 Å². The summed E-state index contributed by atoms with van der Waals surface area (Å²) in [6, 6.07) is 66.5. The van der Waals surface area contributed by atoms with Gasteiger partial charge in [-0.15, -0.1) is 0 Å². The van der Waals surface area contributed by atoms with Crippen LogP contribution in [0.3, 0.4) is 0 Å². The highest BCUT2D eigenvalue weighted by atomic mass is 14.2. The summed E-state index contributed by atoms with van der Waals surface area (Å²) in [6.07, 6.45) is 0. The third kappa shape index (κ3) is 4.38. The van der Waals surface area contributed by atoms with E-state index in [9.17, 15) is 0 Å². The maximum Gasteiger partial charge on any atom is -0.00201 e. The van der Waals surface area contributed by atoms with Crippen molar-refractivity contribution in [3.63, 3.8) is 0 Å². The summed E-state index contributed by atoms with van der Waals surface area (Å²) in [7, 11) is 0. The lowest BCUT2D eigenvalue weighted by Gasteiger charge is -2.19. The molecule has 0 amide bonds. The van der Waals surface area contributed by atoms with Crippen molar-refractivity contribution in [2.24, 2.45) is 0 Å². The highest BCUT2D eigenvalue weighted by molar-refractivity contribution is 6.23. The molecule has 9 aromatic carbocycles. The molecule has 0 saturated carbocycles. The molecule has 0 aliphatic heterocycles. The van der Waals surface area contributed by atoms with E-state index >= 15 is 0 Å². The van der Waals surface area contributed by atoms with Crippen molar-refractivity contribution in [2.45, 2.75) is 0 Å². The van der Waals surface area contributed by atoms with E-state index < -0.39 is 0 Å². The molecule has 0 heterocycles. The standard InChI is InChI=1S/C46H30/c1-2-13-32(14-3-1)45-41-19-6-8-21-43(41)46(44-22-9-7-20-42(44)45)40-23-11-18-38-30-37(26-27-39(38)40)35-17-10-16-34(29-35)36-25-24-31-12-4-5-15-33(31)28-36/h1-30H. The van der Waals surface area contributed by atoms with Crippen molar-refractivity contribution in [3.8, 4) is 44.5 Å². The molecule has 46 heavy (non-hydrogen) atoms. The van der Waals surface area contributed by atoms with Crippen LogP contribution >= 0.6 is 0 Å². The Kier molecular flexibility index (Phi) is 6.25. The number of fused-ring (bicyclic) bond motifs is 4. The minimum atomic E-state index is 1.22. The first-order valence-electron chi connectivity index (χ1n) is 15.9. The average molecular weight is 583 g/mol. The zero-order chi connectivity index (χ0) is 30.5. The van der Waals surface area contributed by atoms with E-state index in [4.69, 9.17) is 0 Å². The van der Waals surface area contributed by atoms with Gasteiger partial charge in [0.05, 0.1) is 0 Å². The predicted octanol–water partition coefficient (Wildman–Crippen LogP) is 13.0. The Morgan fingerprint density at radius 3 is 1.39 bits per heavy atom. The highest BCUT2D eigenvalue weighted by Gasteiger charge is 2.18. The van der Waals surface area contributed by atoms with Crippen LogP contribution in [0.4, 0.5) is 0 Å². The average Bonchev–Trinajstić information content (AvgIpc) is 3.13. The molecular weight excluding hydrogens is 553 g/mol. The molecule has 0 radical (unpaired) electrons. The van der Waals surface area contributed by atoms with Crippen LogP contribution in [0.15, 0.2) is 182 Å². The van der Waals surface area contributed by atoms with Gasteiger partial charge in [0.2, 0.25) is 0 Å². The van der Waals surface area contributed by atoms with Crippen molar-refractivity contribution in [3.05, 3.63) is 182 Å². The molecule has 0 aromatic heterocycles. The van der Waals surface area contributed by atoms with Crippen LogP contribution in [0.2, 0.25) is 0 Å². The third-order valence-electron chi connectivity index (χ3n) is 9.42. The molecule has 0 aliphatic carbocycles. The van der Waals surface area contributed by atoms with E-state index in [1.807, 2.05) is 0 Å². The molecule has 0 N–H and O–H groups in total. The van der Waals surface area contributed by atoms with E-state index in [-0.39, 0.29) is 0 Å². The van der Waals surface area contributed by atoms with Gasteiger partial charge in [-0.1, -0.05) is 164 Å². The monoisotopic (exact) mass is 582 g/mol. The second-order valence-electron chi connectivity index (χ2n) is 12.1. The van der Waals surface area contributed by atoms with Gasteiger partial charge < -0.3 is 0 Å². The van der Waals surface area contributed by atoms with E-state index in [0.717, 1.165) is 0 Å². The Balaban J connectivity index is 1.21. The summed E-state index contributed by atoms with van der Waals surface area (Å²) in [5.41, 5.74) is 10.0. The number of rotatable bonds is 4. The fourth-order valence-electron chi connectivity index (χ4n) is 7.26. The van der Waals surface area contributed by atoms with Crippen LogP contribution in [0, 0.1) is 0 Å². The fourth-order valence-corrected chi connectivity index (χ4v) is 7.26. The number of benzene rings is 9. The van der Waals surface area contributed by atoms with Gasteiger partial charge in [-0.05, 0) is 106 Å². The maximum atomic E-state index is 2.35. The SMILES string of the molecule is c1ccc(-c2c3ccccc3c(-c3cccc4cc(-c5cccc(-c6ccc7ccccc7c6)c5)ccc34)c3ccccc23)cc1. The Morgan fingerprint density at radius 1 is 0.217 bits per heavy atom. The lowest BCUT2D eigenvalue weighted by Crippen LogP contribution is -1.91. The summed E-state index contributed by atoms with van der Waals surface area (Å²) in [5.74, 6) is 0. The largest absolute Gasteiger partial charge is 0.0622 e. The summed E-state index contributed by atoms with van der Waals surface area (Å²) in [4.78, 5) is 0. The molecule has 0 fully saturated rings. The van der Waals surface area contributed by atoms with Gasteiger partial charge in [0.1, 0.15) is 0 Å². The first-order valence-corrected chi connectivity index (χ1v) is 15.9. The Morgan fingerprint density at radius 2 is 0.696 bits per heavy atom. The fraction of sp³-hybridized carbons (Fsp3) is 0. The molecular formula is C46H30. The van der Waals surface area contributed by atoms with Crippen molar-refractivity contribution in [1.82, 2.24) is 0 Å². The second kappa shape index (κ2) is 10.9. The summed E-state index contributed by atoms with van der Waals surface area (Å²) in [6.45, 7) is 0. The zero-order valence-electron chi connectivity index (χ0n) is 25.3. The van der Waals surface area contributed by atoms with Crippen LogP contribution in [0.1, 0.15) is 0 Å². The Hall–Kier alpha value is -5.98. The van der Waals surface area contributed by atoms with Crippen LogP contribution in [0.25, 0.3) is 87.6 Å². The van der Waals surface area contributed by atoms with E-state index in [1.165, 1.54) is 87.6 Å². The van der Waals surface area contributed by atoms with Crippen molar-refractivity contribution >= 4 is 43.1 Å². The minimum Gasteiger partial charge on any atom is -0.0622 e. The molecule has 0 spiro atoms. The number of hydrogen-bond donors (Lipinski definition) is 0. The van der Waals surface area contributed by atoms with Gasteiger partial charge in [-0.3, -0.25) is 0 Å². The van der Waals surface area contributed by atoms with Crippen LogP contribution in [0.5, 0.6) is 0 Å². The topological polar surface area (TPSA) is 0 Å². The molecule has 0 bridgehead atoms. The lowest BCUT2D eigenvalue weighted by atomic mass is 9.84.